The summed E-state index contributed by atoms with van der Waals surface area (Å²) < 4.78 is 13.6. The van der Waals surface area contributed by atoms with Crippen molar-refractivity contribution >= 4 is 48.6 Å². The van der Waals surface area contributed by atoms with Crippen molar-refractivity contribution in [2.45, 2.75) is 58.7 Å². The van der Waals surface area contributed by atoms with Gasteiger partial charge in [-0.3, -0.25) is 0 Å². The monoisotopic (exact) mass is 676 g/mol. The van der Waals surface area contributed by atoms with Crippen LogP contribution in [0.15, 0.2) is 60.7 Å². The second kappa shape index (κ2) is 19.2. The highest BCUT2D eigenvalue weighted by Gasteiger charge is 2.40. The molecule has 2 aromatic carbocycles. The second-order valence-electron chi connectivity index (χ2n) is 12.8. The van der Waals surface area contributed by atoms with Crippen molar-refractivity contribution in [2.24, 2.45) is 0 Å². The highest BCUT2D eigenvalue weighted by molar-refractivity contribution is 6.88. The van der Waals surface area contributed by atoms with Gasteiger partial charge in [-0.05, 0) is 96.5 Å². The Morgan fingerprint density at radius 1 is 0.756 bits per heavy atom. The molecule has 0 aromatic heterocycles. The van der Waals surface area contributed by atoms with E-state index in [4.69, 9.17) is 13.1 Å². The third-order valence-corrected chi connectivity index (χ3v) is 17.8. The minimum atomic E-state index is -2.48. The molecule has 45 heavy (non-hydrogen) atoms. The molecule has 4 amide bonds. The van der Waals surface area contributed by atoms with Gasteiger partial charge < -0.3 is 38.8 Å². The summed E-state index contributed by atoms with van der Waals surface area (Å²) in [4.78, 5) is 34.7. The van der Waals surface area contributed by atoms with Crippen LogP contribution in [0.3, 0.4) is 0 Å². The zero-order valence-electron chi connectivity index (χ0n) is 28.6. The lowest BCUT2D eigenvalue weighted by atomic mass is 10.3. The Labute approximate surface area is 273 Å². The molecular weight excluding hydrogens is 621 g/mol. The predicted molar refractivity (Wildman–Crippen MR) is 192 cm³/mol. The Balaban J connectivity index is 1.82. The molecule has 0 radical (unpaired) electrons. The van der Waals surface area contributed by atoms with Crippen LogP contribution in [0, 0.1) is 0 Å². The zero-order chi connectivity index (χ0) is 33.3. The van der Waals surface area contributed by atoms with Crippen molar-refractivity contribution in [2.75, 3.05) is 63.2 Å². The average Bonchev–Trinajstić information content (AvgIpc) is 2.94. The fourth-order valence-electron chi connectivity index (χ4n) is 5.17. The standard InChI is InChI=1S/C31H56N6O5Si3/c1-9-40-33-22-25-37(31(39)35-29-19-14-11-15-20-29)27-44(5,6)42-45(7,8)41-43(3,4)26-16-23-36(2)24-21-32-30(38)34-28-17-12-10-13-18-28/h10-15,17-20,33H,9,16,21-27H2,1-8H3,(H,35,39)(H2,32,34,38). The van der Waals surface area contributed by atoms with Crippen LogP contribution in [0.25, 0.3) is 0 Å². The number of hydrogen-bond donors (Lipinski definition) is 4. The normalized spacial score (nSPS) is 12.2. The predicted octanol–water partition coefficient (Wildman–Crippen LogP) is 5.89. The lowest BCUT2D eigenvalue weighted by Crippen LogP contribution is -2.57. The first-order chi connectivity index (χ1) is 21.2. The van der Waals surface area contributed by atoms with Crippen LogP contribution in [0.5, 0.6) is 0 Å². The molecule has 0 spiro atoms. The fraction of sp³-hybridized carbons (Fsp3) is 0.548. The molecule has 2 aromatic rings. The van der Waals surface area contributed by atoms with Gasteiger partial charge in [-0.2, -0.15) is 0 Å². The van der Waals surface area contributed by atoms with E-state index in [2.05, 4.69) is 72.7 Å². The maximum Gasteiger partial charge on any atom is 0.321 e. The average molecular weight is 677 g/mol. The SMILES string of the molecule is CCONCCN(C[Si](C)(C)O[Si](C)(C)O[Si](C)(C)CCCN(C)CCNC(=O)Nc1ccccc1)C(=O)Nc1ccccc1. The van der Waals surface area contributed by atoms with E-state index in [1.54, 1.807) is 0 Å². The number of nitrogens with zero attached hydrogens (tertiary/aromatic N) is 2. The van der Waals surface area contributed by atoms with Crippen LogP contribution >= 0.6 is 0 Å². The summed E-state index contributed by atoms with van der Waals surface area (Å²) in [6, 6.07) is 19.6. The number of amides is 4. The van der Waals surface area contributed by atoms with E-state index in [0.717, 1.165) is 36.9 Å². The number of anilines is 2. The number of rotatable bonds is 20. The number of benzene rings is 2. The molecule has 0 aliphatic carbocycles. The molecule has 252 valence electrons. The number of carbonyl (C=O) groups is 2. The molecule has 2 rings (SSSR count). The van der Waals surface area contributed by atoms with Crippen LogP contribution < -0.4 is 21.4 Å². The highest BCUT2D eigenvalue weighted by Crippen LogP contribution is 2.24. The Kier molecular flexibility index (Phi) is 16.5. The number of carbonyl (C=O) groups excluding carboxylic acids is 2. The molecule has 0 fully saturated rings. The van der Waals surface area contributed by atoms with Crippen LogP contribution in [0.4, 0.5) is 21.0 Å². The first kappa shape index (κ1) is 38.6. The maximum absolute atomic E-state index is 13.3. The van der Waals surface area contributed by atoms with Gasteiger partial charge in [-0.25, -0.2) is 15.1 Å². The molecule has 0 saturated carbocycles. The third-order valence-electron chi connectivity index (χ3n) is 6.79. The Morgan fingerprint density at radius 2 is 1.33 bits per heavy atom. The molecule has 0 aliphatic heterocycles. The third kappa shape index (κ3) is 17.1. The number of para-hydroxylation sites is 2. The van der Waals surface area contributed by atoms with Gasteiger partial charge in [0.05, 0.1) is 6.61 Å². The van der Waals surface area contributed by atoms with Gasteiger partial charge >= 0.3 is 20.6 Å². The van der Waals surface area contributed by atoms with E-state index in [1.165, 1.54) is 0 Å². The van der Waals surface area contributed by atoms with E-state index >= 15 is 0 Å². The topological polar surface area (TPSA) is 116 Å². The maximum atomic E-state index is 13.3. The molecule has 4 N–H and O–H groups in total. The van der Waals surface area contributed by atoms with Crippen LogP contribution in [-0.2, 0) is 13.1 Å². The van der Waals surface area contributed by atoms with Crippen LogP contribution in [-0.4, -0.2) is 99.6 Å². The van der Waals surface area contributed by atoms with Gasteiger partial charge in [-0.1, -0.05) is 36.4 Å². The quantitative estimate of drug-likeness (QED) is 0.0786. The smallest absolute Gasteiger partial charge is 0.321 e. The van der Waals surface area contributed by atoms with Gasteiger partial charge in [0, 0.05) is 43.7 Å². The van der Waals surface area contributed by atoms with Gasteiger partial charge in [0.1, 0.15) is 0 Å². The number of urea groups is 2. The summed E-state index contributed by atoms with van der Waals surface area (Å²) in [5, 5.41) is 8.77. The number of nitrogens with one attached hydrogen (secondary N) is 4. The Morgan fingerprint density at radius 3 is 1.93 bits per heavy atom. The van der Waals surface area contributed by atoms with Crippen molar-refractivity contribution in [1.29, 1.82) is 0 Å². The molecule has 0 saturated heterocycles. The van der Waals surface area contributed by atoms with Gasteiger partial charge in [0.25, 0.3) is 0 Å². The van der Waals surface area contributed by atoms with E-state index < -0.39 is 25.2 Å². The van der Waals surface area contributed by atoms with E-state index in [1.807, 2.05) is 72.5 Å². The Bertz CT molecular complexity index is 1150. The lowest BCUT2D eigenvalue weighted by Gasteiger charge is -2.40. The minimum Gasteiger partial charge on any atom is -0.437 e. The first-order valence-electron chi connectivity index (χ1n) is 15.8. The summed E-state index contributed by atoms with van der Waals surface area (Å²) in [6.45, 7) is 18.8. The zero-order valence-corrected chi connectivity index (χ0v) is 31.6. The van der Waals surface area contributed by atoms with Crippen LogP contribution in [0.2, 0.25) is 45.3 Å². The molecule has 11 nitrogen and oxygen atoms in total. The summed E-state index contributed by atoms with van der Waals surface area (Å²) >= 11 is 0. The van der Waals surface area contributed by atoms with Gasteiger partial charge in [-0.15, -0.1) is 0 Å². The number of hydrogen-bond acceptors (Lipinski definition) is 7. The van der Waals surface area contributed by atoms with Crippen molar-refractivity contribution in [3.63, 3.8) is 0 Å². The molecule has 0 unspecified atom stereocenters. The first-order valence-corrected chi connectivity index (χ1v) is 24.9. The van der Waals surface area contributed by atoms with E-state index in [0.29, 0.717) is 32.4 Å². The summed E-state index contributed by atoms with van der Waals surface area (Å²) in [5.41, 5.74) is 4.45. The van der Waals surface area contributed by atoms with E-state index in [-0.39, 0.29) is 12.1 Å². The summed E-state index contributed by atoms with van der Waals surface area (Å²) in [7, 11) is -4.75. The molecular formula is C31H56N6O5Si3. The molecule has 0 atom stereocenters. The molecule has 14 heteroatoms. The lowest BCUT2D eigenvalue weighted by molar-refractivity contribution is 0.0477. The number of hydroxylamine groups is 1. The van der Waals surface area contributed by atoms with Gasteiger partial charge in [0.2, 0.25) is 0 Å². The molecule has 0 heterocycles. The highest BCUT2D eigenvalue weighted by atomic mass is 28.5. The fourth-order valence-corrected chi connectivity index (χ4v) is 19.3. The van der Waals surface area contributed by atoms with Gasteiger partial charge in [0.15, 0.2) is 16.6 Å². The minimum absolute atomic E-state index is 0.157. The van der Waals surface area contributed by atoms with Crippen LogP contribution in [0.1, 0.15) is 13.3 Å². The van der Waals surface area contributed by atoms with Crippen molar-refractivity contribution in [3.05, 3.63) is 60.7 Å². The van der Waals surface area contributed by atoms with Crippen molar-refractivity contribution in [1.82, 2.24) is 20.6 Å². The van der Waals surface area contributed by atoms with E-state index in [9.17, 15) is 9.59 Å². The molecule has 0 bridgehead atoms. The van der Waals surface area contributed by atoms with Crippen molar-refractivity contribution in [3.8, 4) is 0 Å². The summed E-state index contributed by atoms with van der Waals surface area (Å²) in [5.74, 6) is 0. The van der Waals surface area contributed by atoms with Crippen molar-refractivity contribution < 1.29 is 22.7 Å². The largest absolute Gasteiger partial charge is 0.437 e. The second-order valence-corrected chi connectivity index (χ2v) is 25.1. The molecule has 0 aliphatic rings. The summed E-state index contributed by atoms with van der Waals surface area (Å²) in [6.07, 6.45) is 1.54. The Hall–Kier alpha value is -2.57. The number of likely N-dealkylation sites (N-methyl/N-ethyl adjacent to an activating group) is 1.